The second kappa shape index (κ2) is 5.24. The smallest absolute Gasteiger partial charge is 0.260 e. The molecule has 0 fully saturated rings. The number of rotatable bonds is 2. The minimum Gasteiger partial charge on any atom is -0.306 e. The molecular formula is C10H5Cl2FN4O. The Morgan fingerprint density at radius 1 is 1.28 bits per heavy atom. The predicted octanol–water partition coefficient (Wildman–Crippen LogP) is 2.57. The molecule has 18 heavy (non-hydrogen) atoms. The van der Waals surface area contributed by atoms with Gasteiger partial charge >= 0.3 is 0 Å². The first-order valence-corrected chi connectivity index (χ1v) is 5.43. The van der Waals surface area contributed by atoms with E-state index in [4.69, 9.17) is 23.2 Å². The molecule has 0 aromatic carbocycles. The third-order valence-electron chi connectivity index (χ3n) is 1.93. The zero-order valence-electron chi connectivity index (χ0n) is 8.69. The molecule has 0 radical (unpaired) electrons. The summed E-state index contributed by atoms with van der Waals surface area (Å²) in [5.41, 5.74) is 0.0581. The highest BCUT2D eigenvalue weighted by Crippen LogP contribution is 2.16. The lowest BCUT2D eigenvalue weighted by atomic mass is 10.3. The summed E-state index contributed by atoms with van der Waals surface area (Å²) in [4.78, 5) is 15.5. The standard InChI is InChI=1S/C10H5Cl2FN4O/c11-7-3-6(9(12)17-16-7)10(18)15-8-2-1-5(13)4-14-8/h1-4H,(H,14,15,18). The molecule has 0 spiro atoms. The first-order chi connectivity index (χ1) is 8.56. The van der Waals surface area contributed by atoms with E-state index in [1.807, 2.05) is 0 Å². The molecule has 0 bridgehead atoms. The molecule has 0 atom stereocenters. The molecule has 2 heterocycles. The molecule has 1 N–H and O–H groups in total. The fourth-order valence-corrected chi connectivity index (χ4v) is 1.47. The topological polar surface area (TPSA) is 67.8 Å². The number of hydrogen-bond acceptors (Lipinski definition) is 4. The van der Waals surface area contributed by atoms with Gasteiger partial charge in [-0.1, -0.05) is 23.2 Å². The average Bonchev–Trinajstić information content (AvgIpc) is 2.35. The van der Waals surface area contributed by atoms with Gasteiger partial charge in [-0.3, -0.25) is 4.79 Å². The summed E-state index contributed by atoms with van der Waals surface area (Å²) in [6, 6.07) is 3.76. The fourth-order valence-electron chi connectivity index (χ4n) is 1.15. The van der Waals surface area contributed by atoms with Crippen molar-refractivity contribution >= 4 is 34.9 Å². The van der Waals surface area contributed by atoms with E-state index >= 15 is 0 Å². The molecule has 0 saturated carbocycles. The van der Waals surface area contributed by atoms with E-state index < -0.39 is 11.7 Å². The molecule has 5 nitrogen and oxygen atoms in total. The number of hydrogen-bond donors (Lipinski definition) is 1. The van der Waals surface area contributed by atoms with Crippen molar-refractivity contribution in [2.75, 3.05) is 5.32 Å². The number of amides is 1. The summed E-state index contributed by atoms with van der Waals surface area (Å²) in [5.74, 6) is -0.874. The van der Waals surface area contributed by atoms with Crippen LogP contribution in [-0.4, -0.2) is 21.1 Å². The minimum atomic E-state index is -0.559. The highest BCUT2D eigenvalue weighted by atomic mass is 35.5. The summed E-state index contributed by atoms with van der Waals surface area (Å²) in [6.45, 7) is 0. The predicted molar refractivity (Wildman–Crippen MR) is 64.2 cm³/mol. The van der Waals surface area contributed by atoms with Crippen LogP contribution in [0.15, 0.2) is 24.4 Å². The molecule has 92 valence electrons. The molecular weight excluding hydrogens is 282 g/mol. The van der Waals surface area contributed by atoms with Gasteiger partial charge in [0.2, 0.25) is 0 Å². The Morgan fingerprint density at radius 3 is 2.72 bits per heavy atom. The summed E-state index contributed by atoms with van der Waals surface area (Å²) < 4.78 is 12.6. The van der Waals surface area contributed by atoms with Crippen LogP contribution in [-0.2, 0) is 0 Å². The van der Waals surface area contributed by atoms with Gasteiger partial charge in [-0.2, -0.15) is 0 Å². The quantitative estimate of drug-likeness (QED) is 0.921. The zero-order valence-corrected chi connectivity index (χ0v) is 10.2. The summed E-state index contributed by atoms with van der Waals surface area (Å²) in [6.07, 6.45) is 0.981. The Morgan fingerprint density at radius 2 is 2.06 bits per heavy atom. The van der Waals surface area contributed by atoms with Crippen molar-refractivity contribution < 1.29 is 9.18 Å². The Kier molecular flexibility index (Phi) is 3.69. The second-order valence-electron chi connectivity index (χ2n) is 3.19. The van der Waals surface area contributed by atoms with Gasteiger partial charge in [0.05, 0.1) is 11.8 Å². The van der Waals surface area contributed by atoms with E-state index in [2.05, 4.69) is 20.5 Å². The van der Waals surface area contributed by atoms with Crippen molar-refractivity contribution in [2.45, 2.75) is 0 Å². The van der Waals surface area contributed by atoms with Crippen LogP contribution in [0.4, 0.5) is 10.2 Å². The van der Waals surface area contributed by atoms with Gasteiger partial charge in [-0.25, -0.2) is 9.37 Å². The van der Waals surface area contributed by atoms with Gasteiger partial charge in [0.1, 0.15) is 11.6 Å². The molecule has 0 unspecified atom stereocenters. The first kappa shape index (κ1) is 12.7. The van der Waals surface area contributed by atoms with E-state index in [0.717, 1.165) is 6.20 Å². The average molecular weight is 287 g/mol. The highest BCUT2D eigenvalue weighted by molar-refractivity contribution is 6.34. The summed E-state index contributed by atoms with van der Waals surface area (Å²) >= 11 is 11.3. The lowest BCUT2D eigenvalue weighted by Crippen LogP contribution is -2.14. The van der Waals surface area contributed by atoms with Crippen molar-refractivity contribution in [3.63, 3.8) is 0 Å². The first-order valence-electron chi connectivity index (χ1n) is 4.68. The maximum absolute atomic E-state index is 12.6. The second-order valence-corrected chi connectivity index (χ2v) is 3.93. The number of carbonyl (C=O) groups is 1. The fraction of sp³-hybridized carbons (Fsp3) is 0. The number of anilines is 1. The van der Waals surface area contributed by atoms with Gasteiger partial charge < -0.3 is 5.32 Å². The Balaban J connectivity index is 2.21. The van der Waals surface area contributed by atoms with Gasteiger partial charge in [-0.15, -0.1) is 10.2 Å². The number of nitrogens with zero attached hydrogens (tertiary/aromatic N) is 3. The van der Waals surface area contributed by atoms with Gasteiger partial charge in [0.15, 0.2) is 10.3 Å². The van der Waals surface area contributed by atoms with E-state index in [1.165, 1.54) is 18.2 Å². The maximum atomic E-state index is 12.6. The number of nitrogens with one attached hydrogen (secondary N) is 1. The Labute approximate surface area is 111 Å². The molecule has 0 aliphatic heterocycles. The highest BCUT2D eigenvalue weighted by Gasteiger charge is 2.13. The molecule has 2 aromatic rings. The largest absolute Gasteiger partial charge is 0.306 e. The zero-order chi connectivity index (χ0) is 13.1. The molecule has 1 amide bonds. The molecule has 0 saturated heterocycles. The third kappa shape index (κ3) is 2.91. The molecule has 8 heteroatoms. The van der Waals surface area contributed by atoms with Crippen molar-refractivity contribution in [2.24, 2.45) is 0 Å². The van der Waals surface area contributed by atoms with Crippen LogP contribution in [0.5, 0.6) is 0 Å². The van der Waals surface area contributed by atoms with Crippen LogP contribution in [0.1, 0.15) is 10.4 Å². The van der Waals surface area contributed by atoms with Crippen molar-refractivity contribution in [3.8, 4) is 0 Å². The SMILES string of the molecule is O=C(Nc1ccc(F)cn1)c1cc(Cl)nnc1Cl. The normalized spacial score (nSPS) is 10.2. The van der Waals surface area contributed by atoms with Crippen LogP contribution < -0.4 is 5.32 Å². The van der Waals surface area contributed by atoms with Crippen LogP contribution in [0.2, 0.25) is 10.3 Å². The number of carbonyl (C=O) groups excluding carboxylic acids is 1. The van der Waals surface area contributed by atoms with Crippen molar-refractivity contribution in [3.05, 3.63) is 46.1 Å². The van der Waals surface area contributed by atoms with Gasteiger partial charge in [-0.05, 0) is 18.2 Å². The number of aromatic nitrogens is 3. The van der Waals surface area contributed by atoms with E-state index in [-0.39, 0.29) is 21.7 Å². The summed E-state index contributed by atoms with van der Waals surface area (Å²) in [7, 11) is 0. The molecule has 0 aliphatic rings. The van der Waals surface area contributed by atoms with E-state index in [9.17, 15) is 9.18 Å². The molecule has 0 aliphatic carbocycles. The lowest BCUT2D eigenvalue weighted by Gasteiger charge is -2.05. The minimum absolute atomic E-state index is 0.0385. The molecule has 2 aromatic heterocycles. The van der Waals surface area contributed by atoms with Crippen LogP contribution in [0.3, 0.4) is 0 Å². The number of pyridine rings is 1. The summed E-state index contributed by atoms with van der Waals surface area (Å²) in [5, 5.41) is 9.36. The molecule has 2 rings (SSSR count). The van der Waals surface area contributed by atoms with E-state index in [0.29, 0.717) is 0 Å². The lowest BCUT2D eigenvalue weighted by molar-refractivity contribution is 0.102. The van der Waals surface area contributed by atoms with E-state index in [1.54, 1.807) is 0 Å². The van der Waals surface area contributed by atoms with Crippen LogP contribution in [0.25, 0.3) is 0 Å². The van der Waals surface area contributed by atoms with Crippen molar-refractivity contribution in [1.29, 1.82) is 0 Å². The Bertz CT molecular complexity index is 591. The van der Waals surface area contributed by atoms with Gasteiger partial charge in [0, 0.05) is 0 Å². The number of halogens is 3. The monoisotopic (exact) mass is 286 g/mol. The van der Waals surface area contributed by atoms with Crippen LogP contribution >= 0.6 is 23.2 Å². The van der Waals surface area contributed by atoms with Crippen LogP contribution in [0, 0.1) is 5.82 Å². The van der Waals surface area contributed by atoms with Gasteiger partial charge in [0.25, 0.3) is 5.91 Å². The third-order valence-corrected chi connectivity index (χ3v) is 2.40. The maximum Gasteiger partial charge on any atom is 0.260 e. The van der Waals surface area contributed by atoms with Crippen molar-refractivity contribution in [1.82, 2.24) is 15.2 Å². The Hall–Kier alpha value is -1.79.